The summed E-state index contributed by atoms with van der Waals surface area (Å²) in [5, 5.41) is 19.9. The van der Waals surface area contributed by atoms with Crippen molar-refractivity contribution >= 4 is 0 Å². The summed E-state index contributed by atoms with van der Waals surface area (Å²) in [5.41, 5.74) is 9.13. The van der Waals surface area contributed by atoms with Crippen LogP contribution < -0.4 is 5.73 Å². The van der Waals surface area contributed by atoms with Crippen LogP contribution in [0.1, 0.15) is 48.4 Å². The molecule has 3 heteroatoms. The molecule has 0 bridgehead atoms. The van der Waals surface area contributed by atoms with Crippen LogP contribution in [0.15, 0.2) is 12.1 Å². The van der Waals surface area contributed by atoms with Gasteiger partial charge in [0.15, 0.2) is 0 Å². The van der Waals surface area contributed by atoms with Crippen LogP contribution in [0.2, 0.25) is 0 Å². The highest BCUT2D eigenvalue weighted by molar-refractivity contribution is 5.42. The summed E-state index contributed by atoms with van der Waals surface area (Å²) in [4.78, 5) is 0. The van der Waals surface area contributed by atoms with Crippen molar-refractivity contribution in [3.05, 3.63) is 28.8 Å². The third kappa shape index (κ3) is 2.52. The molecule has 18 heavy (non-hydrogen) atoms. The molecule has 0 aromatic heterocycles. The monoisotopic (exact) mass is 249 g/mol. The molecule has 1 aliphatic carbocycles. The third-order valence-electron chi connectivity index (χ3n) is 4.16. The van der Waals surface area contributed by atoms with E-state index in [2.05, 4.69) is 0 Å². The molecule has 1 aliphatic rings. The van der Waals surface area contributed by atoms with E-state index in [1.54, 1.807) is 12.1 Å². The molecule has 0 saturated heterocycles. The van der Waals surface area contributed by atoms with Gasteiger partial charge in [-0.15, -0.1) is 0 Å². The summed E-state index contributed by atoms with van der Waals surface area (Å²) >= 11 is 0. The lowest BCUT2D eigenvalue weighted by atomic mass is 9.87. The quantitative estimate of drug-likeness (QED) is 0.771. The highest BCUT2D eigenvalue weighted by Gasteiger charge is 2.30. The van der Waals surface area contributed by atoms with Crippen LogP contribution in [-0.4, -0.2) is 16.3 Å². The summed E-state index contributed by atoms with van der Waals surface area (Å²) < 4.78 is 0. The standard InChI is InChI=1S/C15H23NO2/c1-9-7-12(17)8-10(2)13(9)14(16)15(18)11-5-3-4-6-11/h7-8,11,14-15,17-18H,3-6,16H2,1-2H3/t14-,15+/m0/s1. The van der Waals surface area contributed by atoms with Crippen molar-refractivity contribution < 1.29 is 10.2 Å². The maximum Gasteiger partial charge on any atom is 0.116 e. The Morgan fingerprint density at radius 1 is 1.17 bits per heavy atom. The predicted molar refractivity (Wildman–Crippen MR) is 72.5 cm³/mol. The van der Waals surface area contributed by atoms with Gasteiger partial charge in [0.05, 0.1) is 12.1 Å². The molecule has 100 valence electrons. The predicted octanol–water partition coefficient (Wildman–Crippen LogP) is 2.56. The minimum absolute atomic E-state index is 0.260. The molecule has 0 heterocycles. The van der Waals surface area contributed by atoms with E-state index in [1.165, 1.54) is 12.8 Å². The maximum atomic E-state index is 10.4. The zero-order chi connectivity index (χ0) is 13.3. The molecule has 4 N–H and O–H groups in total. The highest BCUT2D eigenvalue weighted by Crippen LogP contribution is 2.35. The van der Waals surface area contributed by atoms with E-state index in [0.717, 1.165) is 29.5 Å². The summed E-state index contributed by atoms with van der Waals surface area (Å²) in [6.45, 7) is 3.87. The van der Waals surface area contributed by atoms with Crippen LogP contribution in [0.5, 0.6) is 5.75 Å². The van der Waals surface area contributed by atoms with Crippen molar-refractivity contribution in [1.29, 1.82) is 0 Å². The molecule has 1 saturated carbocycles. The van der Waals surface area contributed by atoms with Gasteiger partial charge in [-0.1, -0.05) is 12.8 Å². The van der Waals surface area contributed by atoms with E-state index in [9.17, 15) is 10.2 Å². The fourth-order valence-electron chi connectivity index (χ4n) is 3.24. The number of phenolic OH excluding ortho intramolecular Hbond substituents is 1. The van der Waals surface area contributed by atoms with Gasteiger partial charge in [-0.3, -0.25) is 0 Å². The first-order valence-electron chi connectivity index (χ1n) is 6.74. The Kier molecular flexibility index (Phi) is 3.93. The topological polar surface area (TPSA) is 66.5 Å². The number of hydrogen-bond acceptors (Lipinski definition) is 3. The lowest BCUT2D eigenvalue weighted by Gasteiger charge is -2.27. The Hall–Kier alpha value is -1.06. The molecular formula is C15H23NO2. The van der Waals surface area contributed by atoms with Gasteiger partial charge < -0.3 is 15.9 Å². The van der Waals surface area contributed by atoms with Crippen LogP contribution in [0.25, 0.3) is 0 Å². The average molecular weight is 249 g/mol. The van der Waals surface area contributed by atoms with Crippen molar-refractivity contribution in [1.82, 2.24) is 0 Å². The number of aliphatic hydroxyl groups is 1. The molecule has 3 nitrogen and oxygen atoms in total. The Labute approximate surface area is 109 Å². The van der Waals surface area contributed by atoms with Gasteiger partial charge in [0.2, 0.25) is 0 Å². The minimum Gasteiger partial charge on any atom is -0.508 e. The summed E-state index contributed by atoms with van der Waals surface area (Å²) in [5.74, 6) is 0.587. The van der Waals surface area contributed by atoms with Gasteiger partial charge in [0.1, 0.15) is 5.75 Å². The van der Waals surface area contributed by atoms with Crippen molar-refractivity contribution in [3.63, 3.8) is 0 Å². The summed E-state index contributed by atoms with van der Waals surface area (Å²) in [7, 11) is 0. The first kappa shape index (κ1) is 13.4. The van der Waals surface area contributed by atoms with Gasteiger partial charge in [-0.2, -0.15) is 0 Å². The van der Waals surface area contributed by atoms with E-state index >= 15 is 0 Å². The lowest BCUT2D eigenvalue weighted by Crippen LogP contribution is -2.33. The summed E-state index contributed by atoms with van der Waals surface area (Å²) in [6.07, 6.45) is 4.06. The van der Waals surface area contributed by atoms with Gasteiger partial charge in [0.25, 0.3) is 0 Å². The second-order valence-electron chi connectivity index (χ2n) is 5.55. The molecule has 2 rings (SSSR count). The van der Waals surface area contributed by atoms with E-state index in [1.807, 2.05) is 13.8 Å². The molecule has 1 aromatic carbocycles. The average Bonchev–Trinajstić information content (AvgIpc) is 2.79. The fourth-order valence-corrected chi connectivity index (χ4v) is 3.24. The van der Waals surface area contributed by atoms with E-state index in [0.29, 0.717) is 5.92 Å². The smallest absolute Gasteiger partial charge is 0.116 e. The first-order valence-corrected chi connectivity index (χ1v) is 6.74. The van der Waals surface area contributed by atoms with E-state index in [-0.39, 0.29) is 11.8 Å². The van der Waals surface area contributed by atoms with Crippen LogP contribution in [0.4, 0.5) is 0 Å². The zero-order valence-corrected chi connectivity index (χ0v) is 11.2. The molecule has 1 fully saturated rings. The molecule has 0 spiro atoms. The zero-order valence-electron chi connectivity index (χ0n) is 11.2. The second-order valence-corrected chi connectivity index (χ2v) is 5.55. The summed E-state index contributed by atoms with van der Waals surface area (Å²) in [6, 6.07) is 3.07. The second kappa shape index (κ2) is 5.29. The van der Waals surface area contributed by atoms with E-state index < -0.39 is 6.10 Å². The van der Waals surface area contributed by atoms with Gasteiger partial charge in [-0.25, -0.2) is 0 Å². The number of nitrogens with two attached hydrogens (primary N) is 1. The van der Waals surface area contributed by atoms with Gasteiger partial charge in [0, 0.05) is 0 Å². The van der Waals surface area contributed by atoms with Crippen molar-refractivity contribution in [2.45, 2.75) is 51.7 Å². The SMILES string of the molecule is Cc1cc(O)cc(C)c1[C@H](N)[C@H](O)C1CCCC1. The normalized spacial score (nSPS) is 20.0. The molecule has 0 radical (unpaired) electrons. The van der Waals surface area contributed by atoms with Crippen molar-refractivity contribution in [3.8, 4) is 5.75 Å². The number of phenols is 1. The minimum atomic E-state index is -0.477. The van der Waals surface area contributed by atoms with Gasteiger partial charge >= 0.3 is 0 Å². The third-order valence-corrected chi connectivity index (χ3v) is 4.16. The van der Waals surface area contributed by atoms with Crippen molar-refractivity contribution in [2.75, 3.05) is 0 Å². The Morgan fingerprint density at radius 3 is 2.17 bits per heavy atom. The van der Waals surface area contributed by atoms with Crippen molar-refractivity contribution in [2.24, 2.45) is 11.7 Å². The molecule has 2 atom stereocenters. The number of aryl methyl sites for hydroxylation is 2. The van der Waals surface area contributed by atoms with Crippen LogP contribution in [0.3, 0.4) is 0 Å². The van der Waals surface area contributed by atoms with Gasteiger partial charge in [-0.05, 0) is 61.4 Å². The first-order chi connectivity index (χ1) is 8.50. The highest BCUT2D eigenvalue weighted by atomic mass is 16.3. The van der Waals surface area contributed by atoms with Crippen LogP contribution in [0, 0.1) is 19.8 Å². The molecule has 1 aromatic rings. The molecular weight excluding hydrogens is 226 g/mol. The fraction of sp³-hybridized carbons (Fsp3) is 0.600. The van der Waals surface area contributed by atoms with Crippen LogP contribution in [-0.2, 0) is 0 Å². The Bertz CT molecular complexity index is 401. The number of aromatic hydroxyl groups is 1. The molecule has 0 amide bonds. The van der Waals surface area contributed by atoms with E-state index in [4.69, 9.17) is 5.73 Å². The lowest BCUT2D eigenvalue weighted by molar-refractivity contribution is 0.0840. The van der Waals surface area contributed by atoms with Crippen LogP contribution >= 0.6 is 0 Å². The Balaban J connectivity index is 2.24. The number of aliphatic hydroxyl groups excluding tert-OH is 1. The molecule has 0 unspecified atom stereocenters. The molecule has 0 aliphatic heterocycles. The number of benzene rings is 1. The Morgan fingerprint density at radius 2 is 1.67 bits per heavy atom. The largest absolute Gasteiger partial charge is 0.508 e. The number of hydrogen-bond donors (Lipinski definition) is 3. The maximum absolute atomic E-state index is 10.4. The number of rotatable bonds is 3.